The number of fused-ring (bicyclic) bond motifs is 1. The Morgan fingerprint density at radius 1 is 1.13 bits per heavy atom. The van der Waals surface area contributed by atoms with E-state index in [2.05, 4.69) is 10.3 Å². The third-order valence-corrected chi connectivity index (χ3v) is 8.99. The molecule has 0 aliphatic carbocycles. The predicted molar refractivity (Wildman–Crippen MR) is 152 cm³/mol. The van der Waals surface area contributed by atoms with Crippen LogP contribution in [0.25, 0.3) is 17.0 Å². The highest BCUT2D eigenvalue weighted by Crippen LogP contribution is 2.47. The molecular weight excluding hydrogens is 521 g/mol. The van der Waals surface area contributed by atoms with E-state index in [9.17, 15) is 9.36 Å². The van der Waals surface area contributed by atoms with E-state index in [1.807, 2.05) is 50.2 Å². The van der Waals surface area contributed by atoms with Gasteiger partial charge in [-0.1, -0.05) is 29.8 Å². The number of H-pyrrole nitrogens is 1. The fourth-order valence-corrected chi connectivity index (χ4v) is 6.85. The molecule has 1 heterocycles. The SMILES string of the molecule is COc1ccc([C@@H](C)NC(=O)c2[nH]c3ccc(Cl)cc3c2[P@@](=O)(OC)c2cc(C)cc(C=CC#N)c2)cc1. The van der Waals surface area contributed by atoms with Gasteiger partial charge in [0, 0.05) is 34.4 Å². The van der Waals surface area contributed by atoms with Crippen LogP contribution in [0.5, 0.6) is 5.75 Å². The number of rotatable bonds is 8. The molecule has 0 fully saturated rings. The highest BCUT2D eigenvalue weighted by atomic mass is 35.5. The fourth-order valence-electron chi connectivity index (χ4n) is 4.38. The molecule has 0 aliphatic rings. The van der Waals surface area contributed by atoms with Gasteiger partial charge < -0.3 is 19.6 Å². The van der Waals surface area contributed by atoms with Gasteiger partial charge in [0.25, 0.3) is 13.3 Å². The first-order valence-electron chi connectivity index (χ1n) is 11.8. The molecule has 38 heavy (non-hydrogen) atoms. The number of nitrogens with one attached hydrogen (secondary N) is 2. The van der Waals surface area contributed by atoms with E-state index in [4.69, 9.17) is 26.1 Å². The Kier molecular flexibility index (Phi) is 8.08. The van der Waals surface area contributed by atoms with Gasteiger partial charge in [0.15, 0.2) is 0 Å². The molecule has 1 amide bonds. The zero-order valence-electron chi connectivity index (χ0n) is 21.4. The number of aromatic amines is 1. The first-order valence-corrected chi connectivity index (χ1v) is 13.8. The molecule has 2 atom stereocenters. The maximum Gasteiger partial charge on any atom is 0.269 e. The summed E-state index contributed by atoms with van der Waals surface area (Å²) in [5, 5.41) is 13.5. The van der Waals surface area contributed by atoms with Gasteiger partial charge in [-0.3, -0.25) is 9.36 Å². The first kappa shape index (κ1) is 27.2. The first-order chi connectivity index (χ1) is 18.2. The molecule has 9 heteroatoms. The molecule has 2 N–H and O–H groups in total. The van der Waals surface area contributed by atoms with Crippen LogP contribution in [-0.4, -0.2) is 25.1 Å². The Hall–Kier alpha value is -3.82. The fraction of sp³-hybridized carbons (Fsp3) is 0.172. The molecule has 4 rings (SSSR count). The van der Waals surface area contributed by atoms with E-state index in [0.717, 1.165) is 11.1 Å². The van der Waals surface area contributed by atoms with Gasteiger partial charge >= 0.3 is 0 Å². The number of hydrogen-bond donors (Lipinski definition) is 2. The summed E-state index contributed by atoms with van der Waals surface area (Å²) >= 11 is 6.32. The number of carbonyl (C=O) groups excluding carboxylic acids is 1. The van der Waals surface area contributed by atoms with Crippen molar-refractivity contribution in [3.05, 3.63) is 94.1 Å². The van der Waals surface area contributed by atoms with Crippen LogP contribution in [-0.2, 0) is 9.09 Å². The molecule has 7 nitrogen and oxygen atoms in total. The summed E-state index contributed by atoms with van der Waals surface area (Å²) in [7, 11) is -0.858. The normalized spacial score (nSPS) is 13.7. The van der Waals surface area contributed by atoms with Crippen molar-refractivity contribution in [2.45, 2.75) is 19.9 Å². The van der Waals surface area contributed by atoms with Crippen molar-refractivity contribution >= 4 is 52.5 Å². The minimum atomic E-state index is -3.81. The van der Waals surface area contributed by atoms with Crippen molar-refractivity contribution in [3.63, 3.8) is 0 Å². The van der Waals surface area contributed by atoms with Gasteiger partial charge in [-0.2, -0.15) is 5.26 Å². The summed E-state index contributed by atoms with van der Waals surface area (Å²) < 4.78 is 25.7. The molecule has 194 valence electrons. The lowest BCUT2D eigenvalue weighted by Crippen LogP contribution is -2.32. The lowest BCUT2D eigenvalue weighted by molar-refractivity contribution is 0.0936. The lowest BCUT2D eigenvalue weighted by Gasteiger charge is -2.20. The average molecular weight is 548 g/mol. The summed E-state index contributed by atoms with van der Waals surface area (Å²) in [5.41, 5.74) is 3.12. The van der Waals surface area contributed by atoms with Crippen molar-refractivity contribution in [2.24, 2.45) is 0 Å². The van der Waals surface area contributed by atoms with Gasteiger partial charge in [-0.25, -0.2) is 0 Å². The van der Waals surface area contributed by atoms with Crippen LogP contribution in [0.2, 0.25) is 5.02 Å². The number of hydrogen-bond acceptors (Lipinski definition) is 5. The number of nitriles is 1. The second-order valence-electron chi connectivity index (χ2n) is 8.81. The van der Waals surface area contributed by atoms with Gasteiger partial charge in [0.05, 0.1) is 24.5 Å². The zero-order chi connectivity index (χ0) is 27.4. The minimum absolute atomic E-state index is 0.128. The number of carbonyl (C=O) groups is 1. The Morgan fingerprint density at radius 3 is 2.53 bits per heavy atom. The maximum absolute atomic E-state index is 14.7. The topological polar surface area (TPSA) is 104 Å². The summed E-state index contributed by atoms with van der Waals surface area (Å²) in [6.45, 7) is 3.73. The average Bonchev–Trinajstić information content (AvgIpc) is 3.30. The number of ether oxygens (including phenoxy) is 1. The number of benzene rings is 3. The Bertz CT molecular complexity index is 1620. The predicted octanol–water partition coefficient (Wildman–Crippen LogP) is 6.04. The van der Waals surface area contributed by atoms with Crippen molar-refractivity contribution in [3.8, 4) is 11.8 Å². The molecule has 0 spiro atoms. The quantitative estimate of drug-likeness (QED) is 0.207. The molecule has 1 aromatic heterocycles. The van der Waals surface area contributed by atoms with Gasteiger partial charge in [0.1, 0.15) is 11.4 Å². The van der Waals surface area contributed by atoms with E-state index in [0.29, 0.717) is 32.5 Å². The molecule has 0 bridgehead atoms. The van der Waals surface area contributed by atoms with Crippen molar-refractivity contribution in [1.29, 1.82) is 5.26 Å². The minimum Gasteiger partial charge on any atom is -0.497 e. The number of amides is 1. The summed E-state index contributed by atoms with van der Waals surface area (Å²) in [6, 6.07) is 19.5. The van der Waals surface area contributed by atoms with Crippen LogP contribution in [0.1, 0.15) is 40.1 Å². The van der Waals surface area contributed by atoms with Crippen LogP contribution < -0.4 is 20.7 Å². The maximum atomic E-state index is 14.7. The number of nitrogens with zero attached hydrogens (tertiary/aromatic N) is 1. The highest BCUT2D eigenvalue weighted by molar-refractivity contribution is 7.75. The summed E-state index contributed by atoms with van der Waals surface area (Å²) in [6.07, 6.45) is 2.98. The second-order valence-corrected chi connectivity index (χ2v) is 11.7. The largest absolute Gasteiger partial charge is 0.497 e. The molecule has 3 aromatic carbocycles. The van der Waals surface area contributed by atoms with Crippen molar-refractivity contribution in [2.75, 3.05) is 14.2 Å². The Balaban J connectivity index is 1.85. The molecule has 0 saturated carbocycles. The number of aryl methyl sites for hydroxylation is 1. The third kappa shape index (κ3) is 5.39. The second kappa shape index (κ2) is 11.3. The standard InChI is InChI=1S/C29H27ClN3O4P/c1-18-14-20(6-5-13-31)16-24(15-18)38(35,37-4)28-25-17-22(30)9-12-26(25)33-27(28)29(34)32-19(2)21-7-10-23(36-3)11-8-21/h5-12,14-17,19,33H,1-4H3,(H,32,34)/t19-,38+/m1/s1. The van der Waals surface area contributed by atoms with Crippen molar-refractivity contribution in [1.82, 2.24) is 10.3 Å². The molecule has 4 aromatic rings. The lowest BCUT2D eigenvalue weighted by atomic mass is 10.1. The summed E-state index contributed by atoms with van der Waals surface area (Å²) in [5.74, 6) is 0.274. The van der Waals surface area contributed by atoms with Crippen molar-refractivity contribution < 1.29 is 18.6 Å². The van der Waals surface area contributed by atoms with Gasteiger partial charge in [-0.15, -0.1) is 0 Å². The van der Waals surface area contributed by atoms with Gasteiger partial charge in [0.2, 0.25) is 0 Å². The van der Waals surface area contributed by atoms with Crippen LogP contribution in [0.4, 0.5) is 0 Å². The summed E-state index contributed by atoms with van der Waals surface area (Å²) in [4.78, 5) is 16.8. The van der Waals surface area contributed by atoms with E-state index in [-0.39, 0.29) is 17.0 Å². The van der Waals surface area contributed by atoms with E-state index < -0.39 is 13.3 Å². The number of methoxy groups -OCH3 is 1. The van der Waals surface area contributed by atoms with E-state index >= 15 is 0 Å². The Morgan fingerprint density at radius 2 is 1.87 bits per heavy atom. The molecule has 0 radical (unpaired) electrons. The zero-order valence-corrected chi connectivity index (χ0v) is 23.1. The molecule has 0 saturated heterocycles. The molecule has 0 aliphatic heterocycles. The third-order valence-electron chi connectivity index (χ3n) is 6.25. The molecule has 0 unspecified atom stereocenters. The van der Waals surface area contributed by atoms with Gasteiger partial charge in [-0.05, 0) is 79.1 Å². The number of allylic oxidation sites excluding steroid dienone is 1. The van der Waals surface area contributed by atoms with E-state index in [1.54, 1.807) is 43.5 Å². The smallest absolute Gasteiger partial charge is 0.269 e. The van der Waals surface area contributed by atoms with Crippen LogP contribution in [0, 0.1) is 18.3 Å². The van der Waals surface area contributed by atoms with E-state index in [1.165, 1.54) is 13.2 Å². The Labute approximate surface area is 226 Å². The number of halogens is 1. The number of aromatic nitrogens is 1. The monoisotopic (exact) mass is 547 g/mol. The molecular formula is C29H27ClN3O4P. The van der Waals surface area contributed by atoms with Crippen LogP contribution in [0.15, 0.2) is 66.7 Å². The van der Waals surface area contributed by atoms with Crippen LogP contribution in [0.3, 0.4) is 0 Å². The highest BCUT2D eigenvalue weighted by Gasteiger charge is 2.36. The van der Waals surface area contributed by atoms with Crippen LogP contribution >= 0.6 is 19.0 Å².